The van der Waals surface area contributed by atoms with Crippen LogP contribution in [0.25, 0.3) is 0 Å². The smallest absolute Gasteiger partial charge is 0.333 e. The maximum Gasteiger partial charge on any atom is 0.333 e. The van der Waals surface area contributed by atoms with Gasteiger partial charge in [0.1, 0.15) is 11.4 Å². The Hall–Kier alpha value is -1.10. The van der Waals surface area contributed by atoms with Crippen molar-refractivity contribution in [3.8, 4) is 0 Å². The molecule has 3 atom stereocenters. The third kappa shape index (κ3) is 4.74. The molecule has 0 aromatic carbocycles. The van der Waals surface area contributed by atoms with Crippen LogP contribution in [0.5, 0.6) is 0 Å². The van der Waals surface area contributed by atoms with Crippen LogP contribution < -0.4 is 0 Å². The topological polar surface area (TPSA) is 91.4 Å². The van der Waals surface area contributed by atoms with Gasteiger partial charge in [0, 0.05) is 11.9 Å². The molecule has 0 saturated carbocycles. The second-order valence-electron chi connectivity index (χ2n) is 11.6. The van der Waals surface area contributed by atoms with Crippen LogP contribution in [0.15, 0.2) is 0 Å². The average Bonchev–Trinajstić information content (AvgIpc) is 2.89. The Morgan fingerprint density at radius 2 is 1.66 bits per heavy atom. The largest absolute Gasteiger partial charge is 0.427 e. The van der Waals surface area contributed by atoms with Crippen molar-refractivity contribution in [2.75, 3.05) is 20.5 Å². The van der Waals surface area contributed by atoms with E-state index in [0.29, 0.717) is 0 Å². The van der Waals surface area contributed by atoms with Crippen LogP contribution in [0.3, 0.4) is 0 Å². The molecular weight excluding hydrogens is 450 g/mol. The van der Waals surface area contributed by atoms with E-state index in [4.69, 9.17) is 18.6 Å². The van der Waals surface area contributed by atoms with Crippen LogP contribution in [-0.2, 0) is 33.0 Å². The Kier molecular flexibility index (Phi) is 7.29. The molecule has 2 rings (SSSR count). The molecule has 0 radical (unpaired) electrons. The zero-order valence-corrected chi connectivity index (χ0v) is 23.1. The summed E-state index contributed by atoms with van der Waals surface area (Å²) in [4.78, 5) is 39.6. The lowest BCUT2D eigenvalue weighted by atomic mass is 9.88. The summed E-state index contributed by atoms with van der Waals surface area (Å²) in [5, 5.41) is -0.373. The number of amides is 1. The zero-order chi connectivity index (χ0) is 24.9. The van der Waals surface area contributed by atoms with Gasteiger partial charge in [-0.05, 0) is 52.8 Å². The van der Waals surface area contributed by atoms with Gasteiger partial charge in [-0.25, -0.2) is 4.79 Å². The van der Waals surface area contributed by atoms with Gasteiger partial charge in [0.2, 0.25) is 6.79 Å². The second kappa shape index (κ2) is 8.59. The predicted octanol–water partition coefficient (Wildman–Crippen LogP) is 3.55. The maximum atomic E-state index is 13.3. The molecule has 184 valence electrons. The van der Waals surface area contributed by atoms with Crippen molar-refractivity contribution in [3.63, 3.8) is 0 Å². The van der Waals surface area contributed by atoms with Crippen LogP contribution in [0.1, 0.15) is 55.4 Å². The molecule has 0 bridgehead atoms. The highest BCUT2D eigenvalue weighted by molar-refractivity contribution is 8.01. The van der Waals surface area contributed by atoms with Gasteiger partial charge in [-0.1, -0.05) is 20.8 Å². The molecule has 0 aromatic rings. The molecule has 0 aliphatic carbocycles. The van der Waals surface area contributed by atoms with Crippen LogP contribution >= 0.6 is 11.8 Å². The van der Waals surface area contributed by atoms with Gasteiger partial charge in [-0.2, -0.15) is 0 Å². The maximum absolute atomic E-state index is 13.3. The van der Waals surface area contributed by atoms with Gasteiger partial charge < -0.3 is 23.5 Å². The standard InChI is InChI=1S/C22H39NO7SSi/c1-19(2,3)18(26)29-13-28-15(24)14-21(7,8)31-17-22(27-9,16(25)23(14)17)12-30-32(10,11)20(4,5)6/h14,17H,12-13H2,1-11H3/t14-,17+,22-/m0/s1. The number of carbonyl (C=O) groups excluding carboxylic acids is 3. The van der Waals surface area contributed by atoms with E-state index in [9.17, 15) is 14.4 Å². The fourth-order valence-corrected chi connectivity index (χ4v) is 6.11. The first-order chi connectivity index (χ1) is 14.3. The van der Waals surface area contributed by atoms with Crippen LogP contribution in [0.4, 0.5) is 0 Å². The molecule has 0 aromatic heterocycles. The molecule has 10 heteroatoms. The first-order valence-electron chi connectivity index (χ1n) is 10.9. The summed E-state index contributed by atoms with van der Waals surface area (Å²) in [6, 6.07) is -0.811. The van der Waals surface area contributed by atoms with Crippen LogP contribution in [-0.4, -0.2) is 73.3 Å². The Labute approximate surface area is 197 Å². The molecule has 2 aliphatic rings. The summed E-state index contributed by atoms with van der Waals surface area (Å²) in [5.74, 6) is -1.35. The molecule has 0 N–H and O–H groups in total. The highest BCUT2D eigenvalue weighted by Gasteiger charge is 2.72. The predicted molar refractivity (Wildman–Crippen MR) is 125 cm³/mol. The number of esters is 2. The Balaban J connectivity index is 2.13. The van der Waals surface area contributed by atoms with Crippen molar-refractivity contribution < 1.29 is 33.0 Å². The minimum atomic E-state index is -2.11. The fraction of sp³-hybridized carbons (Fsp3) is 0.864. The first-order valence-corrected chi connectivity index (χ1v) is 14.6. The highest BCUT2D eigenvalue weighted by atomic mass is 32.2. The Morgan fingerprint density at radius 1 is 1.09 bits per heavy atom. The van der Waals surface area contributed by atoms with E-state index in [1.165, 1.54) is 23.8 Å². The van der Waals surface area contributed by atoms with E-state index in [1.54, 1.807) is 20.8 Å². The Morgan fingerprint density at radius 3 is 2.12 bits per heavy atom. The fourth-order valence-electron chi connectivity index (χ4n) is 3.40. The summed E-state index contributed by atoms with van der Waals surface area (Å²) < 4.78 is 21.8. The molecule has 32 heavy (non-hydrogen) atoms. The summed E-state index contributed by atoms with van der Waals surface area (Å²) in [6.07, 6.45) is 0. The van der Waals surface area contributed by atoms with Gasteiger partial charge in [0.25, 0.3) is 5.91 Å². The third-order valence-corrected chi connectivity index (χ3v) is 12.8. The molecule has 2 heterocycles. The lowest BCUT2D eigenvalue weighted by molar-refractivity contribution is -0.203. The molecule has 0 spiro atoms. The van der Waals surface area contributed by atoms with Crippen molar-refractivity contribution >= 4 is 37.9 Å². The minimum Gasteiger partial charge on any atom is -0.427 e. The summed E-state index contributed by atoms with van der Waals surface area (Å²) in [5.41, 5.74) is -1.83. The van der Waals surface area contributed by atoms with Gasteiger partial charge in [-0.15, -0.1) is 11.8 Å². The molecular formula is C22H39NO7SSi. The normalized spacial score (nSPS) is 27.6. The van der Waals surface area contributed by atoms with Gasteiger partial charge >= 0.3 is 11.9 Å². The monoisotopic (exact) mass is 489 g/mol. The van der Waals surface area contributed by atoms with Crippen molar-refractivity contribution in [3.05, 3.63) is 0 Å². The lowest BCUT2D eigenvalue weighted by Gasteiger charge is -2.53. The highest BCUT2D eigenvalue weighted by Crippen LogP contribution is 2.56. The zero-order valence-electron chi connectivity index (χ0n) is 21.3. The van der Waals surface area contributed by atoms with E-state index in [-0.39, 0.29) is 22.9 Å². The summed E-state index contributed by atoms with van der Waals surface area (Å²) in [6.45, 7) is 19.3. The van der Waals surface area contributed by atoms with E-state index >= 15 is 0 Å². The quantitative estimate of drug-likeness (QED) is 0.232. The molecule has 1 amide bonds. The van der Waals surface area contributed by atoms with Gasteiger partial charge in [-0.3, -0.25) is 9.59 Å². The van der Waals surface area contributed by atoms with Crippen molar-refractivity contribution in [2.24, 2.45) is 5.41 Å². The number of ether oxygens (including phenoxy) is 3. The number of nitrogens with zero attached hydrogens (tertiary/aromatic N) is 1. The molecule has 8 nitrogen and oxygen atoms in total. The van der Waals surface area contributed by atoms with E-state index in [0.717, 1.165) is 0 Å². The van der Waals surface area contributed by atoms with Gasteiger partial charge in [0.05, 0.1) is 12.0 Å². The van der Waals surface area contributed by atoms with Crippen molar-refractivity contribution in [2.45, 2.75) is 95.3 Å². The lowest BCUT2D eigenvalue weighted by Crippen LogP contribution is -2.76. The van der Waals surface area contributed by atoms with Crippen molar-refractivity contribution in [1.29, 1.82) is 0 Å². The van der Waals surface area contributed by atoms with Crippen LogP contribution in [0.2, 0.25) is 18.1 Å². The average molecular weight is 490 g/mol. The third-order valence-electron chi connectivity index (χ3n) is 6.64. The number of thioether (sulfide) groups is 1. The van der Waals surface area contributed by atoms with E-state index in [2.05, 4.69) is 33.9 Å². The summed E-state index contributed by atoms with van der Waals surface area (Å²) >= 11 is 1.50. The molecule has 2 aliphatic heterocycles. The van der Waals surface area contributed by atoms with Crippen molar-refractivity contribution in [1.82, 2.24) is 4.90 Å². The Bertz CT molecular complexity index is 771. The number of β-lactam (4-membered cyclic amide) rings is 1. The number of carbonyl (C=O) groups is 3. The number of hydrogen-bond donors (Lipinski definition) is 0. The number of rotatable bonds is 7. The van der Waals surface area contributed by atoms with E-state index < -0.39 is 48.9 Å². The molecule has 0 unspecified atom stereocenters. The first kappa shape index (κ1) is 27.1. The van der Waals surface area contributed by atoms with E-state index in [1.807, 2.05) is 13.8 Å². The second-order valence-corrected chi connectivity index (χ2v) is 18.1. The molecule has 2 saturated heterocycles. The molecule has 2 fully saturated rings. The number of methoxy groups -OCH3 is 1. The number of hydrogen-bond acceptors (Lipinski definition) is 8. The van der Waals surface area contributed by atoms with Crippen LogP contribution in [0, 0.1) is 5.41 Å². The summed E-state index contributed by atoms with van der Waals surface area (Å²) in [7, 11) is -0.596. The SMILES string of the molecule is CO[C@@]1(CO[Si](C)(C)C(C)(C)C)C(=O)N2[C@@H](C(=O)OCOC(=O)C(C)(C)C)C(C)(C)S[C@@H]21. The van der Waals surface area contributed by atoms with Gasteiger partial charge in [0.15, 0.2) is 13.9 Å². The number of fused-ring (bicyclic) bond motifs is 1. The minimum absolute atomic E-state index is 0.00661.